The Kier molecular flexibility index (Phi) is 2.02. The summed E-state index contributed by atoms with van der Waals surface area (Å²) in [6.07, 6.45) is 0.821. The fourth-order valence-corrected chi connectivity index (χ4v) is 1.08. The van der Waals surface area contributed by atoms with E-state index in [0.29, 0.717) is 12.0 Å². The smallest absolute Gasteiger partial charge is 0.345 e. The number of hydrogen-bond donors (Lipinski definition) is 0. The van der Waals surface area contributed by atoms with Crippen LogP contribution in [0.1, 0.15) is 0 Å². The lowest BCUT2D eigenvalue weighted by molar-refractivity contribution is -0.121. The summed E-state index contributed by atoms with van der Waals surface area (Å²) in [4.78, 5) is 4.05. The fourth-order valence-electron chi connectivity index (χ4n) is 0.263. The Balaban J connectivity index is 2.54. The molecule has 1 aliphatic rings. The summed E-state index contributed by atoms with van der Waals surface area (Å²) in [5.41, 5.74) is 0. The summed E-state index contributed by atoms with van der Waals surface area (Å²) in [7, 11) is -4.96. The average Bonchev–Trinajstić information content (AvgIpc) is 2.12. The predicted molar refractivity (Wildman–Crippen MR) is 29.0 cm³/mol. The first-order valence-corrected chi connectivity index (χ1v) is 3.97. The molecule has 1 aliphatic heterocycles. The van der Waals surface area contributed by atoms with Gasteiger partial charge in [0.15, 0.2) is 6.26 Å². The van der Waals surface area contributed by atoms with Crippen molar-refractivity contribution in [3.05, 3.63) is 11.4 Å². The van der Waals surface area contributed by atoms with Crippen molar-refractivity contribution in [2.45, 2.75) is 0 Å². The highest BCUT2D eigenvalue weighted by Gasteiger charge is 2.18. The van der Waals surface area contributed by atoms with Crippen LogP contribution in [0.15, 0.2) is 11.4 Å². The molecule has 0 aromatic carbocycles. The van der Waals surface area contributed by atoms with E-state index >= 15 is 0 Å². The molecule has 0 N–H and O–H groups in total. The number of halogens is 1. The molecular weight excluding hydrogens is 187 g/mol. The Labute approximate surface area is 60.3 Å². The van der Waals surface area contributed by atoms with Gasteiger partial charge in [-0.05, 0) is 0 Å². The Morgan fingerprint density at radius 3 is 2.80 bits per heavy atom. The first-order chi connectivity index (χ1) is 4.58. The zero-order chi connectivity index (χ0) is 7.61. The molecule has 0 saturated carbocycles. The summed E-state index contributed by atoms with van der Waals surface area (Å²) in [5, 5.41) is -0.303. The van der Waals surface area contributed by atoms with Gasteiger partial charge in [0.05, 0.1) is 0 Å². The molecule has 0 aliphatic carbocycles. The van der Waals surface area contributed by atoms with Gasteiger partial charge in [0.2, 0.25) is 5.09 Å². The second-order valence-electron chi connectivity index (χ2n) is 1.16. The van der Waals surface area contributed by atoms with Crippen molar-refractivity contribution in [1.82, 2.24) is 0 Å². The maximum atomic E-state index is 11.6. The Morgan fingerprint density at radius 1 is 1.70 bits per heavy atom. The van der Waals surface area contributed by atoms with E-state index in [1.165, 1.54) is 0 Å². The molecule has 10 heavy (non-hydrogen) atoms. The monoisotopic (exact) mass is 188 g/mol. The topological polar surface area (TPSA) is 61.8 Å². The quantitative estimate of drug-likeness (QED) is 0.359. The molecule has 0 spiro atoms. The van der Waals surface area contributed by atoms with Crippen LogP contribution in [0.3, 0.4) is 0 Å². The first kappa shape index (κ1) is 7.63. The van der Waals surface area contributed by atoms with Gasteiger partial charge in [-0.2, -0.15) is 8.42 Å². The lowest BCUT2D eigenvalue weighted by atomic mass is 11.1. The standard InChI is InChI=1S/C2HFO5S2/c3-10(4,5)7-2-1-6-8-9-2/h1H. The van der Waals surface area contributed by atoms with Crippen molar-refractivity contribution < 1.29 is 25.7 Å². The molecule has 0 aromatic heterocycles. The average molecular weight is 188 g/mol. The summed E-state index contributed by atoms with van der Waals surface area (Å²) in [5.74, 6) is 0. The maximum absolute atomic E-state index is 11.6. The third kappa shape index (κ3) is 2.42. The second-order valence-corrected chi connectivity index (χ2v) is 2.82. The van der Waals surface area contributed by atoms with Gasteiger partial charge in [-0.25, -0.2) is 0 Å². The van der Waals surface area contributed by atoms with E-state index in [2.05, 4.69) is 13.4 Å². The molecule has 0 fully saturated rings. The van der Waals surface area contributed by atoms with Crippen molar-refractivity contribution in [3.63, 3.8) is 0 Å². The van der Waals surface area contributed by atoms with Gasteiger partial charge in [0, 0.05) is 0 Å². The lowest BCUT2D eigenvalue weighted by Gasteiger charge is -1.91. The van der Waals surface area contributed by atoms with Crippen molar-refractivity contribution >= 4 is 22.5 Å². The number of rotatable bonds is 2. The minimum Gasteiger partial charge on any atom is -0.345 e. The van der Waals surface area contributed by atoms with Crippen molar-refractivity contribution in [3.8, 4) is 0 Å². The molecule has 5 nitrogen and oxygen atoms in total. The van der Waals surface area contributed by atoms with Gasteiger partial charge in [0.25, 0.3) is 0 Å². The molecule has 1 rings (SSSR count). The van der Waals surface area contributed by atoms with Gasteiger partial charge in [-0.1, -0.05) is 3.89 Å². The predicted octanol–water partition coefficient (Wildman–Crippen LogP) is 0.626. The molecule has 0 bridgehead atoms. The van der Waals surface area contributed by atoms with Gasteiger partial charge in [0.1, 0.15) is 12.0 Å². The van der Waals surface area contributed by atoms with Crippen molar-refractivity contribution in [2.75, 3.05) is 0 Å². The highest BCUT2D eigenvalue weighted by molar-refractivity contribution is 7.99. The largest absolute Gasteiger partial charge is 0.489 e. The third-order valence-corrected chi connectivity index (χ3v) is 1.46. The van der Waals surface area contributed by atoms with Crippen LogP contribution >= 0.6 is 12.0 Å². The SMILES string of the molecule is O=S(=O)(F)OC1=COOS1. The van der Waals surface area contributed by atoms with Crippen molar-refractivity contribution in [1.29, 1.82) is 0 Å². The van der Waals surface area contributed by atoms with Gasteiger partial charge in [-0.15, -0.1) is 4.33 Å². The van der Waals surface area contributed by atoms with Crippen molar-refractivity contribution in [2.24, 2.45) is 0 Å². The van der Waals surface area contributed by atoms with Crippen LogP contribution < -0.4 is 0 Å². The molecule has 0 aromatic rings. The van der Waals surface area contributed by atoms with E-state index in [9.17, 15) is 12.3 Å². The third-order valence-electron chi connectivity index (χ3n) is 0.481. The highest BCUT2D eigenvalue weighted by Crippen LogP contribution is 2.26. The molecule has 1 heterocycles. The lowest BCUT2D eigenvalue weighted by Crippen LogP contribution is -1.93. The number of hydrogen-bond acceptors (Lipinski definition) is 6. The summed E-state index contributed by atoms with van der Waals surface area (Å²) < 4.78 is 38.8. The zero-order valence-electron chi connectivity index (χ0n) is 4.31. The van der Waals surface area contributed by atoms with Crippen LogP contribution in [-0.4, -0.2) is 8.42 Å². The fraction of sp³-hybridized carbons (Fsp3) is 0. The highest BCUT2D eigenvalue weighted by atomic mass is 32.3. The molecule has 0 saturated heterocycles. The van der Waals surface area contributed by atoms with E-state index in [-0.39, 0.29) is 5.09 Å². The minimum absolute atomic E-state index is 0.303. The zero-order valence-corrected chi connectivity index (χ0v) is 5.95. The molecule has 58 valence electrons. The first-order valence-electron chi connectivity index (χ1n) is 1.92. The van der Waals surface area contributed by atoms with Gasteiger partial charge >= 0.3 is 10.5 Å². The van der Waals surface area contributed by atoms with Crippen LogP contribution in [0.2, 0.25) is 0 Å². The molecule has 8 heteroatoms. The second kappa shape index (κ2) is 2.64. The van der Waals surface area contributed by atoms with Crippen LogP contribution in [0.4, 0.5) is 3.89 Å². The normalized spacial score (nSPS) is 17.9. The maximum Gasteiger partial charge on any atom is 0.489 e. The van der Waals surface area contributed by atoms with E-state index < -0.39 is 10.5 Å². The summed E-state index contributed by atoms with van der Waals surface area (Å²) in [6, 6.07) is 0. The molecule has 0 unspecified atom stereocenters. The minimum atomic E-state index is -4.96. The van der Waals surface area contributed by atoms with Gasteiger partial charge in [-0.3, -0.25) is 0 Å². The Morgan fingerprint density at radius 2 is 2.40 bits per heavy atom. The molecule has 0 amide bonds. The molecular formula is C2HFO5S2. The van der Waals surface area contributed by atoms with Crippen LogP contribution in [-0.2, 0) is 23.9 Å². The van der Waals surface area contributed by atoms with Crippen LogP contribution in [0, 0.1) is 0 Å². The van der Waals surface area contributed by atoms with E-state index in [0.717, 1.165) is 6.26 Å². The van der Waals surface area contributed by atoms with Gasteiger partial charge < -0.3 is 9.07 Å². The molecule has 0 radical (unpaired) electrons. The molecule has 0 atom stereocenters. The van der Waals surface area contributed by atoms with Crippen LogP contribution in [0.5, 0.6) is 0 Å². The van der Waals surface area contributed by atoms with E-state index in [1.807, 2.05) is 0 Å². The van der Waals surface area contributed by atoms with E-state index in [4.69, 9.17) is 0 Å². The van der Waals surface area contributed by atoms with E-state index in [1.54, 1.807) is 0 Å². The Bertz CT molecular complexity index is 242. The summed E-state index contributed by atoms with van der Waals surface area (Å²) >= 11 is 0.467. The van der Waals surface area contributed by atoms with Crippen LogP contribution in [0.25, 0.3) is 0 Å². The summed E-state index contributed by atoms with van der Waals surface area (Å²) in [6.45, 7) is 0. The Hall–Kier alpha value is -0.470.